The van der Waals surface area contributed by atoms with Gasteiger partial charge in [-0.25, -0.2) is 9.07 Å². The predicted molar refractivity (Wildman–Crippen MR) is 84.1 cm³/mol. The number of methoxy groups -OCH3 is 1. The Balaban J connectivity index is 1.92. The molecule has 0 bridgehead atoms. The van der Waals surface area contributed by atoms with Gasteiger partial charge in [0.15, 0.2) is 0 Å². The highest BCUT2D eigenvalue weighted by Gasteiger charge is 2.12. The van der Waals surface area contributed by atoms with Crippen LogP contribution in [0.5, 0.6) is 5.75 Å². The molecule has 3 rings (SSSR count). The van der Waals surface area contributed by atoms with E-state index in [1.807, 2.05) is 30.3 Å². The van der Waals surface area contributed by atoms with Gasteiger partial charge in [0.1, 0.15) is 17.4 Å². The normalized spacial score (nSPS) is 10.6. The lowest BCUT2D eigenvalue weighted by Crippen LogP contribution is -2.05. The van der Waals surface area contributed by atoms with E-state index in [4.69, 9.17) is 10.5 Å². The molecule has 0 aliphatic rings. The van der Waals surface area contributed by atoms with Gasteiger partial charge < -0.3 is 10.5 Å². The van der Waals surface area contributed by atoms with Crippen molar-refractivity contribution in [2.45, 2.75) is 6.54 Å². The van der Waals surface area contributed by atoms with Crippen molar-refractivity contribution >= 4 is 5.82 Å². The first kappa shape index (κ1) is 14.1. The summed E-state index contributed by atoms with van der Waals surface area (Å²) in [4.78, 5) is 0. The highest BCUT2D eigenvalue weighted by atomic mass is 19.1. The number of anilines is 1. The van der Waals surface area contributed by atoms with Gasteiger partial charge in [-0.1, -0.05) is 30.3 Å². The van der Waals surface area contributed by atoms with Crippen molar-refractivity contribution in [2.24, 2.45) is 0 Å². The summed E-state index contributed by atoms with van der Waals surface area (Å²) in [6.07, 6.45) is 0. The molecule has 0 amide bonds. The number of ether oxygens (including phenoxy) is 1. The van der Waals surface area contributed by atoms with Gasteiger partial charge in [-0.3, -0.25) is 0 Å². The Morgan fingerprint density at radius 3 is 2.59 bits per heavy atom. The molecule has 0 saturated carbocycles. The van der Waals surface area contributed by atoms with Crippen LogP contribution in [-0.2, 0) is 6.54 Å². The summed E-state index contributed by atoms with van der Waals surface area (Å²) in [6, 6.07) is 16.2. The van der Waals surface area contributed by atoms with Crippen LogP contribution in [0.25, 0.3) is 11.3 Å². The van der Waals surface area contributed by atoms with Crippen LogP contribution in [-0.4, -0.2) is 16.9 Å². The van der Waals surface area contributed by atoms with Gasteiger partial charge in [0, 0.05) is 17.7 Å². The average molecular weight is 297 g/mol. The number of aromatic nitrogens is 2. The molecule has 0 atom stereocenters. The first-order valence-corrected chi connectivity index (χ1v) is 6.88. The molecule has 0 saturated heterocycles. The smallest absolute Gasteiger partial charge is 0.136 e. The summed E-state index contributed by atoms with van der Waals surface area (Å²) in [7, 11) is 1.50. The molecule has 2 aromatic carbocycles. The maximum Gasteiger partial charge on any atom is 0.136 e. The van der Waals surface area contributed by atoms with Crippen molar-refractivity contribution in [2.75, 3.05) is 12.8 Å². The Morgan fingerprint density at radius 1 is 1.14 bits per heavy atom. The zero-order valence-corrected chi connectivity index (χ0v) is 12.2. The van der Waals surface area contributed by atoms with Gasteiger partial charge in [0.2, 0.25) is 0 Å². The third kappa shape index (κ3) is 2.79. The molecule has 1 heterocycles. The summed E-state index contributed by atoms with van der Waals surface area (Å²) in [5, 5.41) is 4.40. The number of nitrogens with zero attached hydrogens (tertiary/aromatic N) is 2. The van der Waals surface area contributed by atoms with Gasteiger partial charge in [-0.15, -0.1) is 0 Å². The maximum atomic E-state index is 14.1. The lowest BCUT2D eigenvalue weighted by molar-refractivity contribution is 0.411. The molecule has 0 radical (unpaired) electrons. The third-order valence-electron chi connectivity index (χ3n) is 3.44. The Hall–Kier alpha value is -2.82. The summed E-state index contributed by atoms with van der Waals surface area (Å²) < 4.78 is 20.8. The molecular weight excluding hydrogens is 281 g/mol. The van der Waals surface area contributed by atoms with E-state index in [1.165, 1.54) is 13.2 Å². The summed E-state index contributed by atoms with van der Waals surface area (Å²) in [6.45, 7) is 0.546. The molecule has 0 fully saturated rings. The number of halogens is 1. The zero-order valence-electron chi connectivity index (χ0n) is 12.2. The molecule has 0 unspecified atom stereocenters. The van der Waals surface area contributed by atoms with Gasteiger partial charge in [0.25, 0.3) is 0 Å². The number of benzene rings is 2. The molecule has 0 aliphatic carbocycles. The van der Waals surface area contributed by atoms with E-state index in [0.29, 0.717) is 29.4 Å². The van der Waals surface area contributed by atoms with Crippen molar-refractivity contribution in [3.05, 3.63) is 66.0 Å². The van der Waals surface area contributed by atoms with Gasteiger partial charge >= 0.3 is 0 Å². The summed E-state index contributed by atoms with van der Waals surface area (Å²) in [5.74, 6) is 0.579. The van der Waals surface area contributed by atoms with E-state index in [1.54, 1.807) is 22.9 Å². The second-order valence-corrected chi connectivity index (χ2v) is 4.94. The van der Waals surface area contributed by atoms with Crippen molar-refractivity contribution < 1.29 is 9.13 Å². The maximum absolute atomic E-state index is 14.1. The molecule has 0 aliphatic heterocycles. The molecule has 3 aromatic rings. The Kier molecular flexibility index (Phi) is 3.78. The minimum absolute atomic E-state index is 0.385. The first-order valence-electron chi connectivity index (χ1n) is 6.88. The Labute approximate surface area is 128 Å². The van der Waals surface area contributed by atoms with Crippen LogP contribution in [0.1, 0.15) is 5.56 Å². The van der Waals surface area contributed by atoms with E-state index >= 15 is 0 Å². The van der Waals surface area contributed by atoms with Crippen LogP contribution in [0.2, 0.25) is 0 Å². The third-order valence-corrected chi connectivity index (χ3v) is 3.44. The fraction of sp³-hybridized carbons (Fsp3) is 0.118. The molecule has 4 nitrogen and oxygen atoms in total. The quantitative estimate of drug-likeness (QED) is 0.803. The van der Waals surface area contributed by atoms with E-state index in [9.17, 15) is 4.39 Å². The minimum Gasteiger partial charge on any atom is -0.497 e. The lowest BCUT2D eigenvalue weighted by Gasteiger charge is -2.04. The monoisotopic (exact) mass is 297 g/mol. The van der Waals surface area contributed by atoms with Crippen LogP contribution in [0.3, 0.4) is 0 Å². The van der Waals surface area contributed by atoms with E-state index in [-0.39, 0.29) is 5.82 Å². The summed E-state index contributed by atoms with van der Waals surface area (Å²) >= 11 is 0. The van der Waals surface area contributed by atoms with Crippen LogP contribution < -0.4 is 10.5 Å². The number of nitrogen functional groups attached to an aromatic ring is 1. The van der Waals surface area contributed by atoms with Crippen molar-refractivity contribution in [1.29, 1.82) is 0 Å². The van der Waals surface area contributed by atoms with E-state index < -0.39 is 0 Å². The van der Waals surface area contributed by atoms with E-state index in [0.717, 1.165) is 5.56 Å². The van der Waals surface area contributed by atoms with Gasteiger partial charge in [-0.2, -0.15) is 5.10 Å². The highest BCUT2D eigenvalue weighted by Crippen LogP contribution is 2.26. The van der Waals surface area contributed by atoms with Crippen LogP contribution in [0.4, 0.5) is 10.2 Å². The Morgan fingerprint density at radius 2 is 1.91 bits per heavy atom. The largest absolute Gasteiger partial charge is 0.497 e. The van der Waals surface area contributed by atoms with Crippen LogP contribution >= 0.6 is 0 Å². The molecular formula is C17H16FN3O. The summed E-state index contributed by atoms with van der Waals surface area (Å²) in [5.41, 5.74) is 7.98. The van der Waals surface area contributed by atoms with Crippen molar-refractivity contribution in [1.82, 2.24) is 9.78 Å². The topological polar surface area (TPSA) is 53.1 Å². The Bertz CT molecular complexity index is 784. The number of hydrogen-bond acceptors (Lipinski definition) is 3. The van der Waals surface area contributed by atoms with E-state index in [2.05, 4.69) is 5.10 Å². The number of rotatable bonds is 4. The van der Waals surface area contributed by atoms with Crippen molar-refractivity contribution in [3.8, 4) is 17.0 Å². The standard InChI is InChI=1S/C17H16FN3O/c1-22-13-7-8-14(15(18)9-13)16-10-17(19)21(20-16)11-12-5-3-2-4-6-12/h2-10H,11,19H2,1H3. The highest BCUT2D eigenvalue weighted by molar-refractivity contribution is 5.64. The SMILES string of the molecule is COc1ccc(-c2cc(N)n(Cc3ccccc3)n2)c(F)c1. The van der Waals surface area contributed by atoms with Crippen molar-refractivity contribution in [3.63, 3.8) is 0 Å². The lowest BCUT2D eigenvalue weighted by atomic mass is 10.1. The van der Waals surface area contributed by atoms with Gasteiger partial charge in [0.05, 0.1) is 19.3 Å². The molecule has 112 valence electrons. The number of hydrogen-bond donors (Lipinski definition) is 1. The predicted octanol–water partition coefficient (Wildman–Crippen LogP) is 3.33. The van der Waals surface area contributed by atoms with Gasteiger partial charge in [-0.05, 0) is 17.7 Å². The minimum atomic E-state index is -0.385. The first-order chi connectivity index (χ1) is 10.7. The van der Waals surface area contributed by atoms with Crippen LogP contribution in [0, 0.1) is 5.82 Å². The molecule has 22 heavy (non-hydrogen) atoms. The fourth-order valence-electron chi connectivity index (χ4n) is 2.28. The molecule has 0 spiro atoms. The second-order valence-electron chi connectivity index (χ2n) is 4.94. The molecule has 2 N–H and O–H groups in total. The van der Waals surface area contributed by atoms with Crippen LogP contribution in [0.15, 0.2) is 54.6 Å². The fourth-order valence-corrected chi connectivity index (χ4v) is 2.28. The number of nitrogens with two attached hydrogens (primary N) is 1. The average Bonchev–Trinajstić information content (AvgIpc) is 2.89. The molecule has 5 heteroatoms. The zero-order chi connectivity index (χ0) is 15.5. The second kappa shape index (κ2) is 5.89. The molecule has 1 aromatic heterocycles.